The number of benzene rings is 1. The van der Waals surface area contributed by atoms with Crippen LogP contribution < -0.4 is 10.0 Å². The molecule has 112 valence electrons. The van der Waals surface area contributed by atoms with E-state index in [0.29, 0.717) is 5.56 Å². The minimum absolute atomic E-state index is 0.0505. The SMILES string of the molecule is CCNS(=O)(=O)c1ccccc1NC(=O)c1csc(Br)c1. The monoisotopic (exact) mass is 388 g/mol. The van der Waals surface area contributed by atoms with Crippen molar-refractivity contribution < 1.29 is 13.2 Å². The molecule has 0 saturated carbocycles. The highest BCUT2D eigenvalue weighted by Crippen LogP contribution is 2.24. The van der Waals surface area contributed by atoms with Crippen LogP contribution >= 0.6 is 27.3 Å². The zero-order valence-electron chi connectivity index (χ0n) is 11.1. The molecule has 0 atom stereocenters. The van der Waals surface area contributed by atoms with Crippen LogP contribution in [0.15, 0.2) is 44.4 Å². The average Bonchev–Trinajstić information content (AvgIpc) is 2.86. The molecular weight excluding hydrogens is 376 g/mol. The van der Waals surface area contributed by atoms with Gasteiger partial charge in [-0.2, -0.15) is 0 Å². The highest BCUT2D eigenvalue weighted by molar-refractivity contribution is 9.11. The van der Waals surface area contributed by atoms with Crippen LogP contribution in [0.25, 0.3) is 0 Å². The van der Waals surface area contributed by atoms with Gasteiger partial charge in [0.05, 0.1) is 15.0 Å². The molecule has 21 heavy (non-hydrogen) atoms. The van der Waals surface area contributed by atoms with E-state index in [1.165, 1.54) is 17.4 Å². The Kier molecular flexibility index (Phi) is 5.15. The van der Waals surface area contributed by atoms with Crippen molar-refractivity contribution in [3.63, 3.8) is 0 Å². The van der Waals surface area contributed by atoms with Crippen LogP contribution in [0.4, 0.5) is 5.69 Å². The number of rotatable bonds is 5. The van der Waals surface area contributed by atoms with Crippen molar-refractivity contribution >= 4 is 48.9 Å². The molecule has 0 aliphatic carbocycles. The molecule has 0 unspecified atom stereocenters. The predicted molar refractivity (Wildman–Crippen MR) is 87.3 cm³/mol. The zero-order chi connectivity index (χ0) is 15.5. The molecule has 1 amide bonds. The van der Waals surface area contributed by atoms with Crippen LogP contribution in [0.3, 0.4) is 0 Å². The lowest BCUT2D eigenvalue weighted by Crippen LogP contribution is -2.25. The second kappa shape index (κ2) is 6.69. The molecule has 0 saturated heterocycles. The summed E-state index contributed by atoms with van der Waals surface area (Å²) >= 11 is 4.67. The third kappa shape index (κ3) is 3.91. The molecular formula is C13H13BrN2O3S2. The van der Waals surface area contributed by atoms with Gasteiger partial charge in [-0.3, -0.25) is 4.79 Å². The van der Waals surface area contributed by atoms with Gasteiger partial charge in [0.25, 0.3) is 5.91 Å². The topological polar surface area (TPSA) is 75.3 Å². The highest BCUT2D eigenvalue weighted by Gasteiger charge is 2.19. The Morgan fingerprint density at radius 1 is 1.33 bits per heavy atom. The van der Waals surface area contributed by atoms with Gasteiger partial charge in [-0.25, -0.2) is 13.1 Å². The van der Waals surface area contributed by atoms with E-state index in [-0.39, 0.29) is 23.0 Å². The van der Waals surface area contributed by atoms with Crippen LogP contribution in [-0.2, 0) is 10.0 Å². The summed E-state index contributed by atoms with van der Waals surface area (Å²) in [6.07, 6.45) is 0. The molecule has 1 heterocycles. The van der Waals surface area contributed by atoms with Crippen molar-refractivity contribution in [1.29, 1.82) is 0 Å². The smallest absolute Gasteiger partial charge is 0.256 e. The molecule has 0 radical (unpaired) electrons. The van der Waals surface area contributed by atoms with Crippen molar-refractivity contribution in [3.8, 4) is 0 Å². The number of carbonyl (C=O) groups is 1. The Bertz CT molecular complexity index is 756. The third-order valence-electron chi connectivity index (χ3n) is 2.59. The molecule has 8 heteroatoms. The molecule has 0 aliphatic heterocycles. The van der Waals surface area contributed by atoms with Crippen molar-refractivity contribution in [2.24, 2.45) is 0 Å². The normalized spacial score (nSPS) is 11.3. The van der Waals surface area contributed by atoms with Gasteiger partial charge in [-0.15, -0.1) is 11.3 Å². The lowest BCUT2D eigenvalue weighted by molar-refractivity contribution is 0.102. The summed E-state index contributed by atoms with van der Waals surface area (Å²) in [7, 11) is -3.63. The second-order valence-electron chi connectivity index (χ2n) is 4.09. The maximum absolute atomic E-state index is 12.1. The van der Waals surface area contributed by atoms with Crippen molar-refractivity contribution in [2.75, 3.05) is 11.9 Å². The summed E-state index contributed by atoms with van der Waals surface area (Å²) in [5.74, 6) is -0.351. The summed E-state index contributed by atoms with van der Waals surface area (Å²) in [4.78, 5) is 12.2. The fourth-order valence-electron chi connectivity index (χ4n) is 1.70. The lowest BCUT2D eigenvalue weighted by Gasteiger charge is -2.11. The van der Waals surface area contributed by atoms with Gasteiger partial charge in [0, 0.05) is 11.9 Å². The van der Waals surface area contributed by atoms with E-state index in [2.05, 4.69) is 26.0 Å². The summed E-state index contributed by atoms with van der Waals surface area (Å²) in [6, 6.07) is 7.98. The number of sulfonamides is 1. The summed E-state index contributed by atoms with van der Waals surface area (Å²) in [5.41, 5.74) is 0.730. The number of thiophene rings is 1. The Morgan fingerprint density at radius 2 is 2.05 bits per heavy atom. The molecule has 0 spiro atoms. The minimum atomic E-state index is -3.63. The number of carbonyl (C=O) groups excluding carboxylic acids is 1. The second-order valence-corrected chi connectivity index (χ2v) is 8.12. The highest BCUT2D eigenvalue weighted by atomic mass is 79.9. The molecule has 0 bridgehead atoms. The van der Waals surface area contributed by atoms with E-state index in [0.717, 1.165) is 3.79 Å². The minimum Gasteiger partial charge on any atom is -0.321 e. The van der Waals surface area contributed by atoms with Gasteiger partial charge in [0.15, 0.2) is 0 Å². The first-order valence-corrected chi connectivity index (χ1v) is 9.23. The number of anilines is 1. The average molecular weight is 389 g/mol. The lowest BCUT2D eigenvalue weighted by atomic mass is 10.3. The molecule has 0 fully saturated rings. The van der Waals surface area contributed by atoms with Gasteiger partial charge in [-0.1, -0.05) is 19.1 Å². The van der Waals surface area contributed by atoms with Crippen LogP contribution in [0.1, 0.15) is 17.3 Å². The van der Waals surface area contributed by atoms with Gasteiger partial charge < -0.3 is 5.32 Å². The van der Waals surface area contributed by atoms with Gasteiger partial charge >= 0.3 is 0 Å². The van der Waals surface area contributed by atoms with Crippen LogP contribution in [0, 0.1) is 0 Å². The molecule has 2 N–H and O–H groups in total. The fourth-order valence-corrected chi connectivity index (χ4v) is 4.03. The molecule has 2 aromatic rings. The number of amides is 1. The largest absolute Gasteiger partial charge is 0.321 e. The van der Waals surface area contributed by atoms with E-state index in [9.17, 15) is 13.2 Å². The molecule has 0 aliphatic rings. The van der Waals surface area contributed by atoms with Crippen molar-refractivity contribution in [3.05, 3.63) is 45.1 Å². The van der Waals surface area contributed by atoms with E-state index < -0.39 is 10.0 Å². The van der Waals surface area contributed by atoms with Crippen molar-refractivity contribution in [1.82, 2.24) is 4.72 Å². The molecule has 2 rings (SSSR count). The summed E-state index contributed by atoms with van der Waals surface area (Å²) in [5, 5.41) is 4.33. The molecule has 1 aromatic heterocycles. The number of hydrogen-bond acceptors (Lipinski definition) is 4. The van der Waals surface area contributed by atoms with E-state index in [1.54, 1.807) is 36.6 Å². The summed E-state index contributed by atoms with van der Waals surface area (Å²) < 4.78 is 27.5. The Morgan fingerprint density at radius 3 is 2.67 bits per heavy atom. The summed E-state index contributed by atoms with van der Waals surface area (Å²) in [6.45, 7) is 1.98. The molecule has 5 nitrogen and oxygen atoms in total. The van der Waals surface area contributed by atoms with Gasteiger partial charge in [0.1, 0.15) is 4.90 Å². The number of para-hydroxylation sites is 1. The standard InChI is InChI=1S/C13H13BrN2O3S2/c1-2-15-21(18,19)11-6-4-3-5-10(11)16-13(17)9-7-12(14)20-8-9/h3-8,15H,2H2,1H3,(H,16,17). The Balaban J connectivity index is 2.31. The first-order chi connectivity index (χ1) is 9.94. The Labute approximate surface area is 135 Å². The van der Waals surface area contributed by atoms with E-state index in [4.69, 9.17) is 0 Å². The van der Waals surface area contributed by atoms with Crippen LogP contribution in [0.5, 0.6) is 0 Å². The van der Waals surface area contributed by atoms with E-state index >= 15 is 0 Å². The fraction of sp³-hybridized carbons (Fsp3) is 0.154. The maximum Gasteiger partial charge on any atom is 0.256 e. The third-order valence-corrected chi connectivity index (χ3v) is 5.70. The first kappa shape index (κ1) is 16.2. The number of halogens is 1. The van der Waals surface area contributed by atoms with Gasteiger partial charge in [0.2, 0.25) is 10.0 Å². The number of hydrogen-bond donors (Lipinski definition) is 2. The Hall–Kier alpha value is -1.22. The van der Waals surface area contributed by atoms with Crippen molar-refractivity contribution in [2.45, 2.75) is 11.8 Å². The van der Waals surface area contributed by atoms with Crippen LogP contribution in [-0.4, -0.2) is 20.9 Å². The van der Waals surface area contributed by atoms with Gasteiger partial charge in [-0.05, 0) is 34.1 Å². The molecule has 1 aromatic carbocycles. The van der Waals surface area contributed by atoms with Crippen LogP contribution in [0.2, 0.25) is 0 Å². The number of nitrogens with one attached hydrogen (secondary N) is 2. The van der Waals surface area contributed by atoms with E-state index in [1.807, 2.05) is 0 Å². The quantitative estimate of drug-likeness (QED) is 0.826. The maximum atomic E-state index is 12.1. The zero-order valence-corrected chi connectivity index (χ0v) is 14.3. The first-order valence-electron chi connectivity index (χ1n) is 6.08. The predicted octanol–water partition coefficient (Wildman–Crippen LogP) is 3.06.